The van der Waals surface area contributed by atoms with Crippen molar-refractivity contribution in [3.05, 3.63) is 18.2 Å². The molecule has 1 fully saturated rings. The van der Waals surface area contributed by atoms with Gasteiger partial charge in [-0.3, -0.25) is 9.59 Å². The summed E-state index contributed by atoms with van der Waals surface area (Å²) in [6.45, 7) is 4.79. The second-order valence-corrected chi connectivity index (χ2v) is 5.46. The molecule has 0 bridgehead atoms. The van der Waals surface area contributed by atoms with Crippen molar-refractivity contribution in [3.8, 4) is 5.75 Å². The second kappa shape index (κ2) is 5.94. The third-order valence-electron chi connectivity index (χ3n) is 3.78. The van der Waals surface area contributed by atoms with Crippen LogP contribution in [0, 0.1) is 0 Å². The molecule has 2 amide bonds. The first-order chi connectivity index (χ1) is 10.5. The highest BCUT2D eigenvalue weighted by Crippen LogP contribution is 2.32. The molecule has 7 heteroatoms. The van der Waals surface area contributed by atoms with E-state index in [0.29, 0.717) is 30.3 Å². The Kier molecular flexibility index (Phi) is 4.00. The Balaban J connectivity index is 1.72. The van der Waals surface area contributed by atoms with E-state index in [0.717, 1.165) is 0 Å². The summed E-state index contributed by atoms with van der Waals surface area (Å²) in [6, 6.07) is 4.77. The van der Waals surface area contributed by atoms with Gasteiger partial charge >= 0.3 is 0 Å². The van der Waals surface area contributed by atoms with Crippen molar-refractivity contribution in [2.75, 3.05) is 23.8 Å². The molecule has 2 aliphatic heterocycles. The number of hydrogen-bond donors (Lipinski definition) is 3. The number of fused-ring (bicyclic) bond motifs is 1. The Bertz CT molecular complexity index is 604. The zero-order chi connectivity index (χ0) is 15.7. The van der Waals surface area contributed by atoms with Gasteiger partial charge in [0.15, 0.2) is 6.10 Å². The van der Waals surface area contributed by atoms with Crippen LogP contribution in [0.15, 0.2) is 18.2 Å². The Hall–Kier alpha value is -2.12. The molecule has 3 atom stereocenters. The molecule has 22 heavy (non-hydrogen) atoms. The minimum atomic E-state index is -0.516. The Morgan fingerprint density at radius 3 is 2.95 bits per heavy atom. The normalized spacial score (nSPS) is 27.4. The quantitative estimate of drug-likeness (QED) is 0.749. The van der Waals surface area contributed by atoms with Gasteiger partial charge in [0.05, 0.1) is 18.4 Å². The van der Waals surface area contributed by atoms with Gasteiger partial charge in [0, 0.05) is 12.2 Å². The number of hydrogen-bond acceptors (Lipinski definition) is 5. The second-order valence-electron chi connectivity index (χ2n) is 5.46. The molecular weight excluding hydrogens is 286 g/mol. The largest absolute Gasteiger partial charge is 0.479 e. The molecule has 3 N–H and O–H groups in total. The molecule has 2 aliphatic rings. The number of amides is 2. The van der Waals surface area contributed by atoms with Gasteiger partial charge in [-0.15, -0.1) is 0 Å². The first kappa shape index (κ1) is 14.8. The molecule has 0 spiro atoms. The number of carbonyl (C=O) groups is 2. The minimum Gasteiger partial charge on any atom is -0.479 e. The predicted octanol–water partition coefficient (Wildman–Crippen LogP) is 0.721. The number of nitrogens with one attached hydrogen (secondary N) is 3. The zero-order valence-electron chi connectivity index (χ0n) is 12.5. The molecule has 0 radical (unpaired) electrons. The van der Waals surface area contributed by atoms with Crippen LogP contribution < -0.4 is 20.7 Å². The molecule has 7 nitrogen and oxygen atoms in total. The van der Waals surface area contributed by atoms with Gasteiger partial charge in [-0.1, -0.05) is 0 Å². The average Bonchev–Trinajstić information content (AvgIpc) is 2.49. The van der Waals surface area contributed by atoms with E-state index in [4.69, 9.17) is 9.47 Å². The lowest BCUT2D eigenvalue weighted by atomic mass is 10.1. The molecule has 0 saturated carbocycles. The Labute approximate surface area is 128 Å². The van der Waals surface area contributed by atoms with Crippen molar-refractivity contribution >= 4 is 23.2 Å². The van der Waals surface area contributed by atoms with E-state index in [-0.39, 0.29) is 17.9 Å². The van der Waals surface area contributed by atoms with Crippen LogP contribution in [0.25, 0.3) is 0 Å². The van der Waals surface area contributed by atoms with Crippen LogP contribution in [0.2, 0.25) is 0 Å². The molecule has 2 heterocycles. The van der Waals surface area contributed by atoms with E-state index < -0.39 is 12.1 Å². The summed E-state index contributed by atoms with van der Waals surface area (Å²) in [7, 11) is 0. The van der Waals surface area contributed by atoms with Crippen LogP contribution in [0.1, 0.15) is 13.8 Å². The maximum absolute atomic E-state index is 12.3. The van der Waals surface area contributed by atoms with Crippen molar-refractivity contribution in [3.63, 3.8) is 0 Å². The van der Waals surface area contributed by atoms with Crippen molar-refractivity contribution in [1.82, 2.24) is 5.32 Å². The van der Waals surface area contributed by atoms with Gasteiger partial charge in [0.1, 0.15) is 11.8 Å². The summed E-state index contributed by atoms with van der Waals surface area (Å²) < 4.78 is 10.9. The van der Waals surface area contributed by atoms with Crippen LogP contribution in [0.5, 0.6) is 5.75 Å². The van der Waals surface area contributed by atoms with Crippen molar-refractivity contribution in [2.45, 2.75) is 32.1 Å². The number of anilines is 2. The van der Waals surface area contributed by atoms with Gasteiger partial charge in [-0.2, -0.15) is 0 Å². The van der Waals surface area contributed by atoms with Crippen LogP contribution in [-0.2, 0) is 14.3 Å². The molecule has 1 unspecified atom stereocenters. The molecule has 3 rings (SSSR count). The van der Waals surface area contributed by atoms with E-state index >= 15 is 0 Å². The van der Waals surface area contributed by atoms with Crippen LogP contribution in [0.3, 0.4) is 0 Å². The average molecular weight is 305 g/mol. The Morgan fingerprint density at radius 1 is 1.36 bits per heavy atom. The highest BCUT2D eigenvalue weighted by Gasteiger charge is 2.29. The SMILES string of the molecule is CC1Oc2ccc(NC(=O)[C@H]3NCCO[C@@H]3C)cc2NC1=O. The molecule has 0 aliphatic carbocycles. The zero-order valence-corrected chi connectivity index (χ0v) is 12.5. The van der Waals surface area contributed by atoms with Crippen LogP contribution >= 0.6 is 0 Å². The summed E-state index contributed by atoms with van der Waals surface area (Å²) >= 11 is 0. The van der Waals surface area contributed by atoms with E-state index in [1.54, 1.807) is 25.1 Å². The van der Waals surface area contributed by atoms with Crippen molar-refractivity contribution < 1.29 is 19.1 Å². The summed E-state index contributed by atoms with van der Waals surface area (Å²) in [6.07, 6.45) is -0.701. The maximum atomic E-state index is 12.3. The van der Waals surface area contributed by atoms with Crippen LogP contribution in [0.4, 0.5) is 11.4 Å². The van der Waals surface area contributed by atoms with Crippen molar-refractivity contribution in [2.24, 2.45) is 0 Å². The first-order valence-electron chi connectivity index (χ1n) is 7.32. The lowest BCUT2D eigenvalue weighted by molar-refractivity contribution is -0.124. The molecule has 0 aromatic heterocycles. The summed E-state index contributed by atoms with van der Waals surface area (Å²) in [5.74, 6) is 0.230. The van der Waals surface area contributed by atoms with Gasteiger partial charge in [-0.25, -0.2) is 0 Å². The molecule has 1 aromatic carbocycles. The fraction of sp³-hybridized carbons (Fsp3) is 0.467. The van der Waals surface area contributed by atoms with Crippen LogP contribution in [-0.4, -0.2) is 43.2 Å². The van der Waals surface area contributed by atoms with Gasteiger partial charge < -0.3 is 25.4 Å². The number of rotatable bonds is 2. The standard InChI is InChI=1S/C15H19N3O4/c1-8-13(16-5-6-21-8)15(20)17-10-3-4-12-11(7-10)18-14(19)9(2)22-12/h3-4,7-9,13,16H,5-6H2,1-2H3,(H,17,20)(H,18,19)/t8-,9?,13+/m1/s1. The van der Waals surface area contributed by atoms with E-state index in [9.17, 15) is 9.59 Å². The molecular formula is C15H19N3O4. The van der Waals surface area contributed by atoms with Gasteiger partial charge in [-0.05, 0) is 32.0 Å². The molecule has 118 valence electrons. The maximum Gasteiger partial charge on any atom is 0.265 e. The summed E-state index contributed by atoms with van der Waals surface area (Å²) in [5.41, 5.74) is 1.16. The first-order valence-corrected chi connectivity index (χ1v) is 7.32. The highest BCUT2D eigenvalue weighted by atomic mass is 16.5. The molecule has 1 aromatic rings. The Morgan fingerprint density at radius 2 is 2.18 bits per heavy atom. The third kappa shape index (κ3) is 2.90. The lowest BCUT2D eigenvalue weighted by Crippen LogP contribution is -2.53. The minimum absolute atomic E-state index is 0.163. The van der Waals surface area contributed by atoms with E-state index in [1.165, 1.54) is 0 Å². The fourth-order valence-corrected chi connectivity index (χ4v) is 2.53. The van der Waals surface area contributed by atoms with E-state index in [2.05, 4.69) is 16.0 Å². The van der Waals surface area contributed by atoms with Gasteiger partial charge in [0.2, 0.25) is 5.91 Å². The summed E-state index contributed by atoms with van der Waals surface area (Å²) in [4.78, 5) is 23.9. The number of morpholine rings is 1. The summed E-state index contributed by atoms with van der Waals surface area (Å²) in [5, 5.41) is 8.72. The smallest absolute Gasteiger partial charge is 0.265 e. The molecule has 1 saturated heterocycles. The van der Waals surface area contributed by atoms with Gasteiger partial charge in [0.25, 0.3) is 5.91 Å². The lowest BCUT2D eigenvalue weighted by Gasteiger charge is -2.29. The number of ether oxygens (including phenoxy) is 2. The topological polar surface area (TPSA) is 88.7 Å². The number of benzene rings is 1. The van der Waals surface area contributed by atoms with Crippen molar-refractivity contribution in [1.29, 1.82) is 0 Å². The fourth-order valence-electron chi connectivity index (χ4n) is 2.53. The predicted molar refractivity (Wildman–Crippen MR) is 81.0 cm³/mol. The third-order valence-corrected chi connectivity index (χ3v) is 3.78. The number of carbonyl (C=O) groups excluding carboxylic acids is 2. The monoisotopic (exact) mass is 305 g/mol. The van der Waals surface area contributed by atoms with E-state index in [1.807, 2.05) is 6.92 Å². The highest BCUT2D eigenvalue weighted by molar-refractivity contribution is 6.00.